The van der Waals surface area contributed by atoms with E-state index < -0.39 is 0 Å². The van der Waals surface area contributed by atoms with Crippen LogP contribution in [0.5, 0.6) is 0 Å². The maximum Gasteiger partial charge on any atom is 0 e. The van der Waals surface area contributed by atoms with Gasteiger partial charge in [-0.25, -0.2) is 0 Å². The molecule has 1 aliphatic rings. The van der Waals surface area contributed by atoms with E-state index in [4.69, 9.17) is 0 Å². The predicted octanol–water partition coefficient (Wildman–Crippen LogP) is 3.76. The average molecular weight is 164 g/mol. The minimum atomic E-state index is 0. The minimum absolute atomic E-state index is 0. The Morgan fingerprint density at radius 1 is 1.08 bits per heavy atom. The predicted molar refractivity (Wildman–Crippen MR) is 56.7 cm³/mol. The molecule has 2 rings (SSSR count). The average Bonchev–Trinajstić information content (AvgIpc) is 2.54. The summed E-state index contributed by atoms with van der Waals surface area (Å²) in [7, 11) is 0. The molecule has 0 fully saturated rings. The number of benzene rings is 1. The molecule has 0 saturated heterocycles. The van der Waals surface area contributed by atoms with Gasteiger partial charge in [0.25, 0.3) is 0 Å². The monoisotopic (exact) mass is 164 g/mol. The van der Waals surface area contributed by atoms with Crippen LogP contribution < -0.4 is 0 Å². The molecule has 0 saturated carbocycles. The van der Waals surface area contributed by atoms with E-state index in [0.717, 1.165) is 0 Å². The van der Waals surface area contributed by atoms with Crippen molar-refractivity contribution in [3.05, 3.63) is 34.9 Å². The Kier molecular flexibility index (Phi) is 3.33. The first-order valence-corrected chi connectivity index (χ1v) is 4.95. The van der Waals surface area contributed by atoms with E-state index in [2.05, 4.69) is 25.1 Å². The fourth-order valence-electron chi connectivity index (χ4n) is 1.70. The summed E-state index contributed by atoms with van der Waals surface area (Å²) >= 11 is 0. The van der Waals surface area contributed by atoms with Crippen LogP contribution in [0.15, 0.2) is 18.2 Å². The second kappa shape index (κ2) is 4.30. The Hall–Kier alpha value is -0.780. The molecule has 0 aromatic heterocycles. The van der Waals surface area contributed by atoms with Crippen LogP contribution in [0.2, 0.25) is 0 Å². The van der Waals surface area contributed by atoms with Crippen molar-refractivity contribution >= 4 is 0 Å². The Labute approximate surface area is 77.1 Å². The van der Waals surface area contributed by atoms with Gasteiger partial charge in [0.1, 0.15) is 0 Å². The lowest BCUT2D eigenvalue weighted by Gasteiger charge is -1.98. The molecule has 0 nitrogen and oxygen atoms in total. The van der Waals surface area contributed by atoms with Crippen molar-refractivity contribution < 1.29 is 1.43 Å². The number of hydrogen-bond donors (Lipinski definition) is 0. The van der Waals surface area contributed by atoms with Crippen molar-refractivity contribution in [3.63, 3.8) is 0 Å². The van der Waals surface area contributed by atoms with Crippen LogP contribution in [-0.2, 0) is 12.8 Å². The second-order valence-electron chi connectivity index (χ2n) is 3.13. The Morgan fingerprint density at radius 3 is 2.50 bits per heavy atom. The first kappa shape index (κ1) is 9.31. The van der Waals surface area contributed by atoms with E-state index in [9.17, 15) is 0 Å². The van der Waals surface area contributed by atoms with E-state index in [1.807, 2.05) is 13.8 Å². The van der Waals surface area contributed by atoms with Crippen molar-refractivity contribution in [2.75, 3.05) is 0 Å². The first-order chi connectivity index (χ1) is 5.86. The zero-order valence-electron chi connectivity index (χ0n) is 8.35. The van der Waals surface area contributed by atoms with Gasteiger partial charge in [0.05, 0.1) is 0 Å². The van der Waals surface area contributed by atoms with Gasteiger partial charge in [-0.1, -0.05) is 37.6 Å². The standard InChI is InChI=1S/C10H12.C2H6.H2/c1-8-5-6-9-3-2-4-10(9)7-8;1-2;/h5-7H,2-4H2,1H3;1-2H3;1H. The molecular formula is C12H20. The summed E-state index contributed by atoms with van der Waals surface area (Å²) in [5.41, 5.74) is 4.56. The van der Waals surface area contributed by atoms with Crippen LogP contribution in [0, 0.1) is 6.92 Å². The molecule has 0 atom stereocenters. The fraction of sp³-hybridized carbons (Fsp3) is 0.500. The maximum atomic E-state index is 2.32. The smallest absolute Gasteiger partial charge is 0 e. The highest BCUT2D eigenvalue weighted by Gasteiger charge is 2.08. The van der Waals surface area contributed by atoms with Crippen LogP contribution in [0.4, 0.5) is 0 Å². The molecule has 0 heterocycles. The van der Waals surface area contributed by atoms with Gasteiger partial charge in [-0.05, 0) is 37.3 Å². The van der Waals surface area contributed by atoms with Crippen LogP contribution in [0.25, 0.3) is 0 Å². The number of aryl methyl sites for hydroxylation is 3. The van der Waals surface area contributed by atoms with Crippen LogP contribution in [0.1, 0.15) is 38.4 Å². The molecule has 12 heavy (non-hydrogen) atoms. The van der Waals surface area contributed by atoms with Gasteiger partial charge < -0.3 is 0 Å². The van der Waals surface area contributed by atoms with Gasteiger partial charge in [0.15, 0.2) is 0 Å². The highest BCUT2D eigenvalue weighted by atomic mass is 14.1. The van der Waals surface area contributed by atoms with E-state index in [-0.39, 0.29) is 1.43 Å². The van der Waals surface area contributed by atoms with E-state index in [1.54, 1.807) is 11.1 Å². The lowest BCUT2D eigenvalue weighted by atomic mass is 10.1. The lowest BCUT2D eigenvalue weighted by molar-refractivity contribution is 0.911. The van der Waals surface area contributed by atoms with Crippen molar-refractivity contribution in [2.24, 2.45) is 0 Å². The van der Waals surface area contributed by atoms with E-state index in [1.165, 1.54) is 24.8 Å². The molecule has 0 radical (unpaired) electrons. The number of fused-ring (bicyclic) bond motifs is 1. The largest absolute Gasteiger partial charge is 0.0683 e. The molecule has 68 valence electrons. The summed E-state index contributed by atoms with van der Waals surface area (Å²) < 4.78 is 0. The third kappa shape index (κ3) is 1.88. The summed E-state index contributed by atoms with van der Waals surface area (Å²) in [5, 5.41) is 0. The molecule has 0 N–H and O–H groups in total. The Morgan fingerprint density at radius 2 is 1.75 bits per heavy atom. The molecule has 0 heteroatoms. The van der Waals surface area contributed by atoms with Crippen molar-refractivity contribution in [3.8, 4) is 0 Å². The quantitative estimate of drug-likeness (QED) is 0.547. The fourth-order valence-corrected chi connectivity index (χ4v) is 1.70. The SMILES string of the molecule is CC.Cc1ccc2c(c1)CCC2.[HH]. The van der Waals surface area contributed by atoms with Gasteiger partial charge in [-0.2, -0.15) is 0 Å². The third-order valence-corrected chi connectivity index (χ3v) is 2.25. The molecule has 0 amide bonds. The molecule has 1 aliphatic carbocycles. The summed E-state index contributed by atoms with van der Waals surface area (Å²) in [6.45, 7) is 6.17. The number of hydrogen-bond acceptors (Lipinski definition) is 0. The topological polar surface area (TPSA) is 0 Å². The highest BCUT2D eigenvalue weighted by molar-refractivity contribution is 5.34. The normalized spacial score (nSPS) is 13.2. The number of rotatable bonds is 0. The van der Waals surface area contributed by atoms with Crippen LogP contribution in [0.3, 0.4) is 0 Å². The second-order valence-corrected chi connectivity index (χ2v) is 3.13. The zero-order chi connectivity index (χ0) is 8.97. The summed E-state index contributed by atoms with van der Waals surface area (Å²) in [5.74, 6) is 0. The van der Waals surface area contributed by atoms with Gasteiger partial charge in [0.2, 0.25) is 0 Å². The van der Waals surface area contributed by atoms with Crippen LogP contribution in [-0.4, -0.2) is 0 Å². The van der Waals surface area contributed by atoms with E-state index >= 15 is 0 Å². The van der Waals surface area contributed by atoms with Gasteiger partial charge in [0, 0.05) is 1.43 Å². The summed E-state index contributed by atoms with van der Waals surface area (Å²) in [6, 6.07) is 6.81. The zero-order valence-corrected chi connectivity index (χ0v) is 8.35. The van der Waals surface area contributed by atoms with Gasteiger partial charge in [-0.15, -0.1) is 0 Å². The Balaban J connectivity index is 0.000000451. The van der Waals surface area contributed by atoms with Crippen molar-refractivity contribution in [2.45, 2.75) is 40.0 Å². The van der Waals surface area contributed by atoms with Crippen molar-refractivity contribution in [1.29, 1.82) is 0 Å². The summed E-state index contributed by atoms with van der Waals surface area (Å²) in [6.07, 6.45) is 3.96. The maximum absolute atomic E-state index is 2.32. The minimum Gasteiger partial charge on any atom is -0.0683 e. The molecule has 1 aromatic carbocycles. The van der Waals surface area contributed by atoms with Crippen LogP contribution >= 0.6 is 0 Å². The molecule has 0 unspecified atom stereocenters. The third-order valence-electron chi connectivity index (χ3n) is 2.25. The van der Waals surface area contributed by atoms with Crippen molar-refractivity contribution in [1.82, 2.24) is 0 Å². The lowest BCUT2D eigenvalue weighted by Crippen LogP contribution is -1.81. The molecule has 0 aliphatic heterocycles. The van der Waals surface area contributed by atoms with Gasteiger partial charge in [-0.3, -0.25) is 0 Å². The molecule has 0 spiro atoms. The molecule has 0 bridgehead atoms. The van der Waals surface area contributed by atoms with E-state index in [0.29, 0.717) is 0 Å². The Bertz CT molecular complexity index is 253. The van der Waals surface area contributed by atoms with Gasteiger partial charge >= 0.3 is 0 Å². The highest BCUT2D eigenvalue weighted by Crippen LogP contribution is 2.22. The summed E-state index contributed by atoms with van der Waals surface area (Å²) in [4.78, 5) is 0. The first-order valence-electron chi connectivity index (χ1n) is 4.95. The molecular weight excluding hydrogens is 144 g/mol. The molecule has 1 aromatic rings.